The number of rotatable bonds is 7. The molecule has 6 nitrogen and oxygen atoms in total. The number of nitrogens with one attached hydrogen (secondary N) is 2. The molecule has 20 heavy (non-hydrogen) atoms. The van der Waals surface area contributed by atoms with Gasteiger partial charge < -0.3 is 10.6 Å². The Bertz CT molecular complexity index is 538. The molecule has 0 radical (unpaired) electrons. The highest BCUT2D eigenvalue weighted by Gasteiger charge is 2.10. The molecule has 0 aliphatic heterocycles. The third-order valence-corrected chi connectivity index (χ3v) is 2.82. The molecule has 0 saturated heterocycles. The number of carbonyl (C=O) groups excluding carboxylic acids is 1. The number of nitrogens with zero attached hydrogens (tertiary/aromatic N) is 3. The summed E-state index contributed by atoms with van der Waals surface area (Å²) in [7, 11) is 0. The first-order chi connectivity index (χ1) is 9.81. The van der Waals surface area contributed by atoms with Gasteiger partial charge in [0.25, 0.3) is 5.91 Å². The number of pyridine rings is 1. The Morgan fingerprint density at radius 1 is 1.35 bits per heavy atom. The van der Waals surface area contributed by atoms with Gasteiger partial charge in [0.2, 0.25) is 0 Å². The number of aromatic nitrogens is 3. The number of hydrogen-bond acceptors (Lipinski definition) is 4. The van der Waals surface area contributed by atoms with Crippen molar-refractivity contribution in [1.82, 2.24) is 20.1 Å². The SMILES string of the molecule is CCCNc1cnccc1C(=O)NCCn1cccn1. The van der Waals surface area contributed by atoms with Crippen molar-refractivity contribution >= 4 is 11.6 Å². The zero-order valence-electron chi connectivity index (χ0n) is 11.5. The summed E-state index contributed by atoms with van der Waals surface area (Å²) in [6.45, 7) is 4.09. The minimum atomic E-state index is -0.0989. The molecule has 0 unspecified atom stereocenters. The summed E-state index contributed by atoms with van der Waals surface area (Å²) < 4.78 is 1.78. The zero-order valence-corrected chi connectivity index (χ0v) is 11.5. The summed E-state index contributed by atoms with van der Waals surface area (Å²) >= 11 is 0. The standard InChI is InChI=1S/C14H19N5O/c1-2-5-16-13-11-15-7-4-12(13)14(20)17-8-10-19-9-3-6-18-19/h3-4,6-7,9,11,16H,2,5,8,10H2,1H3,(H,17,20). The van der Waals surface area contributed by atoms with E-state index in [1.54, 1.807) is 29.3 Å². The topological polar surface area (TPSA) is 71.8 Å². The number of amides is 1. The first-order valence-corrected chi connectivity index (χ1v) is 6.74. The molecule has 0 atom stereocenters. The molecule has 2 aromatic heterocycles. The second kappa shape index (κ2) is 7.28. The Balaban J connectivity index is 1.91. The Morgan fingerprint density at radius 3 is 3.00 bits per heavy atom. The van der Waals surface area contributed by atoms with Crippen LogP contribution in [0.4, 0.5) is 5.69 Å². The van der Waals surface area contributed by atoms with E-state index in [9.17, 15) is 4.79 Å². The Hall–Kier alpha value is -2.37. The van der Waals surface area contributed by atoms with Gasteiger partial charge in [-0.1, -0.05) is 6.92 Å². The first kappa shape index (κ1) is 14.0. The highest BCUT2D eigenvalue weighted by molar-refractivity contribution is 5.99. The van der Waals surface area contributed by atoms with Gasteiger partial charge in [-0.05, 0) is 18.6 Å². The molecule has 2 rings (SSSR count). The van der Waals surface area contributed by atoms with E-state index in [0.29, 0.717) is 18.7 Å². The molecule has 6 heteroatoms. The van der Waals surface area contributed by atoms with Crippen LogP contribution in [0.15, 0.2) is 36.9 Å². The van der Waals surface area contributed by atoms with Crippen molar-refractivity contribution in [1.29, 1.82) is 0 Å². The van der Waals surface area contributed by atoms with Gasteiger partial charge in [-0.3, -0.25) is 14.5 Å². The molecule has 0 saturated carbocycles. The monoisotopic (exact) mass is 273 g/mol. The zero-order chi connectivity index (χ0) is 14.2. The van der Waals surface area contributed by atoms with E-state index >= 15 is 0 Å². The maximum absolute atomic E-state index is 12.1. The van der Waals surface area contributed by atoms with Crippen LogP contribution >= 0.6 is 0 Å². The van der Waals surface area contributed by atoms with E-state index in [1.165, 1.54) is 0 Å². The second-order valence-electron chi connectivity index (χ2n) is 4.37. The molecule has 0 spiro atoms. The van der Waals surface area contributed by atoms with Crippen molar-refractivity contribution in [3.8, 4) is 0 Å². The first-order valence-electron chi connectivity index (χ1n) is 6.74. The van der Waals surface area contributed by atoms with E-state index in [4.69, 9.17) is 0 Å². The Morgan fingerprint density at radius 2 is 2.25 bits per heavy atom. The van der Waals surface area contributed by atoms with Gasteiger partial charge >= 0.3 is 0 Å². The third kappa shape index (κ3) is 3.81. The van der Waals surface area contributed by atoms with Crippen molar-refractivity contribution in [3.63, 3.8) is 0 Å². The lowest BCUT2D eigenvalue weighted by molar-refractivity contribution is 0.0952. The summed E-state index contributed by atoms with van der Waals surface area (Å²) in [4.78, 5) is 16.2. The highest BCUT2D eigenvalue weighted by atomic mass is 16.1. The van der Waals surface area contributed by atoms with Crippen molar-refractivity contribution in [2.75, 3.05) is 18.4 Å². The minimum Gasteiger partial charge on any atom is -0.383 e. The molecule has 0 fully saturated rings. The number of hydrogen-bond donors (Lipinski definition) is 2. The molecule has 0 aromatic carbocycles. The maximum Gasteiger partial charge on any atom is 0.253 e. The number of anilines is 1. The maximum atomic E-state index is 12.1. The van der Waals surface area contributed by atoms with Gasteiger partial charge in [-0.15, -0.1) is 0 Å². The molecule has 0 aliphatic carbocycles. The minimum absolute atomic E-state index is 0.0989. The molecule has 0 aliphatic rings. The predicted octanol–water partition coefficient (Wildman–Crippen LogP) is 1.53. The van der Waals surface area contributed by atoms with Crippen LogP contribution in [-0.2, 0) is 6.54 Å². The van der Waals surface area contributed by atoms with Crippen LogP contribution in [-0.4, -0.2) is 33.8 Å². The van der Waals surface area contributed by atoms with Crippen molar-refractivity contribution in [3.05, 3.63) is 42.5 Å². The van der Waals surface area contributed by atoms with Crippen LogP contribution in [0.25, 0.3) is 0 Å². The van der Waals surface area contributed by atoms with Crippen LogP contribution in [0.2, 0.25) is 0 Å². The Kier molecular flexibility index (Phi) is 5.11. The molecule has 0 bridgehead atoms. The second-order valence-corrected chi connectivity index (χ2v) is 4.37. The number of carbonyl (C=O) groups is 1. The van der Waals surface area contributed by atoms with Crippen molar-refractivity contribution in [2.24, 2.45) is 0 Å². The van der Waals surface area contributed by atoms with Crippen LogP contribution in [0.3, 0.4) is 0 Å². The summed E-state index contributed by atoms with van der Waals surface area (Å²) in [6.07, 6.45) is 7.89. The average Bonchev–Trinajstić information content (AvgIpc) is 2.98. The van der Waals surface area contributed by atoms with Crippen LogP contribution in [0, 0.1) is 0 Å². The quantitative estimate of drug-likeness (QED) is 0.802. The van der Waals surface area contributed by atoms with Crippen LogP contribution in [0.5, 0.6) is 0 Å². The van der Waals surface area contributed by atoms with Gasteiger partial charge in [0, 0.05) is 31.7 Å². The van der Waals surface area contributed by atoms with E-state index in [-0.39, 0.29) is 5.91 Å². The lowest BCUT2D eigenvalue weighted by atomic mass is 10.2. The van der Waals surface area contributed by atoms with Gasteiger partial charge in [0.1, 0.15) is 0 Å². The fourth-order valence-corrected chi connectivity index (χ4v) is 1.80. The van der Waals surface area contributed by atoms with Crippen LogP contribution < -0.4 is 10.6 Å². The molecule has 2 N–H and O–H groups in total. The van der Waals surface area contributed by atoms with Crippen molar-refractivity contribution in [2.45, 2.75) is 19.9 Å². The fourth-order valence-electron chi connectivity index (χ4n) is 1.80. The molecular weight excluding hydrogens is 254 g/mol. The highest BCUT2D eigenvalue weighted by Crippen LogP contribution is 2.12. The van der Waals surface area contributed by atoms with E-state index in [0.717, 1.165) is 18.7 Å². The summed E-state index contributed by atoms with van der Waals surface area (Å²) in [5.41, 5.74) is 1.39. The molecular formula is C14H19N5O. The molecule has 2 heterocycles. The third-order valence-electron chi connectivity index (χ3n) is 2.82. The van der Waals surface area contributed by atoms with Crippen molar-refractivity contribution < 1.29 is 4.79 Å². The fraction of sp³-hybridized carbons (Fsp3) is 0.357. The lowest BCUT2D eigenvalue weighted by Crippen LogP contribution is -2.28. The molecule has 1 amide bonds. The van der Waals surface area contributed by atoms with Gasteiger partial charge in [-0.25, -0.2) is 0 Å². The van der Waals surface area contributed by atoms with E-state index in [1.807, 2.05) is 12.3 Å². The molecule has 106 valence electrons. The summed E-state index contributed by atoms with van der Waals surface area (Å²) in [5, 5.41) is 10.2. The normalized spacial score (nSPS) is 10.2. The summed E-state index contributed by atoms with van der Waals surface area (Å²) in [5.74, 6) is -0.0989. The molecule has 2 aromatic rings. The van der Waals surface area contributed by atoms with Crippen LogP contribution in [0.1, 0.15) is 23.7 Å². The predicted molar refractivity (Wildman–Crippen MR) is 77.6 cm³/mol. The van der Waals surface area contributed by atoms with Gasteiger partial charge in [0.15, 0.2) is 0 Å². The van der Waals surface area contributed by atoms with E-state index < -0.39 is 0 Å². The van der Waals surface area contributed by atoms with E-state index in [2.05, 4.69) is 27.6 Å². The Labute approximate surface area is 118 Å². The average molecular weight is 273 g/mol. The van der Waals surface area contributed by atoms with Gasteiger partial charge in [-0.2, -0.15) is 5.10 Å². The smallest absolute Gasteiger partial charge is 0.253 e. The largest absolute Gasteiger partial charge is 0.383 e. The van der Waals surface area contributed by atoms with Gasteiger partial charge in [0.05, 0.1) is 24.0 Å². The summed E-state index contributed by atoms with van der Waals surface area (Å²) in [6, 6.07) is 3.58. The lowest BCUT2D eigenvalue weighted by Gasteiger charge is -2.11.